The number of amides is 1. The Labute approximate surface area is 105 Å². The molecule has 1 aromatic rings. The summed E-state index contributed by atoms with van der Waals surface area (Å²) >= 11 is 0. The van der Waals surface area contributed by atoms with Crippen molar-refractivity contribution in [3.8, 4) is 5.75 Å². The van der Waals surface area contributed by atoms with E-state index in [0.29, 0.717) is 11.5 Å². The summed E-state index contributed by atoms with van der Waals surface area (Å²) in [5.74, 6) is 0.232. The molecule has 4 N–H and O–H groups in total. The Hall–Kier alpha value is -1.59. The van der Waals surface area contributed by atoms with Crippen molar-refractivity contribution in [2.75, 3.05) is 6.61 Å². The van der Waals surface area contributed by atoms with Crippen LogP contribution < -0.4 is 11.1 Å². The van der Waals surface area contributed by atoms with Gasteiger partial charge in [0.05, 0.1) is 12.1 Å². The first-order valence-corrected chi connectivity index (χ1v) is 6.14. The minimum atomic E-state index is -0.222. The number of carbonyl (C=O) groups excluding carboxylic acids is 1. The van der Waals surface area contributed by atoms with Crippen molar-refractivity contribution in [2.45, 2.75) is 24.6 Å². The number of phenols is 1. The van der Waals surface area contributed by atoms with Crippen molar-refractivity contribution in [3.63, 3.8) is 0 Å². The summed E-state index contributed by atoms with van der Waals surface area (Å²) in [6.45, 7) is 0.724. The van der Waals surface area contributed by atoms with E-state index in [2.05, 4.69) is 5.32 Å². The minimum Gasteiger partial charge on any atom is -0.508 e. The Bertz CT molecular complexity index is 477. The van der Waals surface area contributed by atoms with Crippen LogP contribution in [0.5, 0.6) is 5.75 Å². The quantitative estimate of drug-likeness (QED) is 0.700. The highest BCUT2D eigenvalue weighted by atomic mass is 16.5. The first-order chi connectivity index (χ1) is 8.66. The molecule has 1 heterocycles. The van der Waals surface area contributed by atoms with Gasteiger partial charge >= 0.3 is 0 Å². The van der Waals surface area contributed by atoms with Crippen LogP contribution in [-0.4, -0.2) is 35.8 Å². The van der Waals surface area contributed by atoms with Gasteiger partial charge in [0.25, 0.3) is 5.91 Å². The van der Waals surface area contributed by atoms with Crippen molar-refractivity contribution < 1.29 is 14.6 Å². The topological polar surface area (TPSA) is 84.6 Å². The van der Waals surface area contributed by atoms with E-state index in [1.165, 1.54) is 12.1 Å². The zero-order valence-electron chi connectivity index (χ0n) is 9.87. The summed E-state index contributed by atoms with van der Waals surface area (Å²) in [7, 11) is 0. The van der Waals surface area contributed by atoms with Gasteiger partial charge in [0.1, 0.15) is 5.75 Å². The van der Waals surface area contributed by atoms with Crippen LogP contribution in [0.3, 0.4) is 0 Å². The number of rotatable bonds is 2. The Balaban J connectivity index is 1.68. The second kappa shape index (κ2) is 4.26. The standard InChI is InChI=1S/C13H16N2O3/c14-10-9-4-5-18-12(9)11(10)15-13(17)7-2-1-3-8(16)6-7/h1-3,6,9-12,16H,4-5,14H2,(H,15,17). The maximum Gasteiger partial charge on any atom is 0.251 e. The molecule has 1 saturated carbocycles. The molecule has 1 aromatic carbocycles. The number of carbonyl (C=O) groups is 1. The van der Waals surface area contributed by atoms with Crippen LogP contribution in [0.25, 0.3) is 0 Å². The Morgan fingerprint density at radius 3 is 3.11 bits per heavy atom. The molecule has 5 heteroatoms. The molecule has 4 unspecified atom stereocenters. The zero-order valence-corrected chi connectivity index (χ0v) is 9.87. The van der Waals surface area contributed by atoms with Crippen LogP contribution in [0.15, 0.2) is 24.3 Å². The van der Waals surface area contributed by atoms with Crippen molar-refractivity contribution in [3.05, 3.63) is 29.8 Å². The fourth-order valence-corrected chi connectivity index (χ4v) is 2.81. The fourth-order valence-electron chi connectivity index (χ4n) is 2.81. The molecule has 1 saturated heterocycles. The summed E-state index contributed by atoms with van der Waals surface area (Å²) < 4.78 is 5.55. The number of benzene rings is 1. The SMILES string of the molecule is NC1C2CCOC2C1NC(=O)c1cccc(O)c1. The molecule has 96 valence electrons. The number of nitrogens with one attached hydrogen (secondary N) is 1. The number of nitrogens with two attached hydrogens (primary N) is 1. The van der Waals surface area contributed by atoms with Gasteiger partial charge in [-0.3, -0.25) is 4.79 Å². The van der Waals surface area contributed by atoms with Gasteiger partial charge in [0, 0.05) is 24.1 Å². The molecule has 1 aliphatic carbocycles. The highest BCUT2D eigenvalue weighted by Gasteiger charge is 2.52. The van der Waals surface area contributed by atoms with Gasteiger partial charge in [-0.15, -0.1) is 0 Å². The molecule has 0 spiro atoms. The molecular formula is C13H16N2O3. The van der Waals surface area contributed by atoms with E-state index in [1.807, 2.05) is 0 Å². The normalized spacial score (nSPS) is 33.6. The molecular weight excluding hydrogens is 232 g/mol. The lowest BCUT2D eigenvalue weighted by atomic mass is 9.72. The smallest absolute Gasteiger partial charge is 0.251 e. The van der Waals surface area contributed by atoms with E-state index in [9.17, 15) is 9.90 Å². The van der Waals surface area contributed by atoms with Gasteiger partial charge in [-0.1, -0.05) is 6.07 Å². The van der Waals surface area contributed by atoms with Crippen LogP contribution in [0, 0.1) is 5.92 Å². The van der Waals surface area contributed by atoms with Gasteiger partial charge in [-0.2, -0.15) is 0 Å². The summed E-state index contributed by atoms with van der Waals surface area (Å²) in [4.78, 5) is 12.0. The number of aromatic hydroxyl groups is 1. The van der Waals surface area contributed by atoms with E-state index >= 15 is 0 Å². The molecule has 5 nitrogen and oxygen atoms in total. The minimum absolute atomic E-state index is 0.0289. The lowest BCUT2D eigenvalue weighted by Crippen LogP contribution is -2.68. The molecule has 0 aromatic heterocycles. The predicted octanol–water partition coefficient (Wildman–Crippen LogP) is 0.237. The lowest BCUT2D eigenvalue weighted by Gasteiger charge is -2.45. The Morgan fingerprint density at radius 1 is 1.50 bits per heavy atom. The average Bonchev–Trinajstić information content (AvgIpc) is 2.80. The van der Waals surface area contributed by atoms with Crippen LogP contribution in [0.4, 0.5) is 0 Å². The first-order valence-electron chi connectivity index (χ1n) is 6.14. The maximum absolute atomic E-state index is 12.0. The third-order valence-electron chi connectivity index (χ3n) is 3.85. The van der Waals surface area contributed by atoms with Crippen LogP contribution in [-0.2, 0) is 4.74 Å². The van der Waals surface area contributed by atoms with E-state index < -0.39 is 0 Å². The fraction of sp³-hybridized carbons (Fsp3) is 0.462. The average molecular weight is 248 g/mol. The number of hydrogen-bond acceptors (Lipinski definition) is 4. The van der Waals surface area contributed by atoms with Crippen molar-refractivity contribution in [1.82, 2.24) is 5.32 Å². The summed E-state index contributed by atoms with van der Waals surface area (Å²) in [6, 6.07) is 6.12. The van der Waals surface area contributed by atoms with Crippen LogP contribution >= 0.6 is 0 Å². The molecule has 18 heavy (non-hydrogen) atoms. The third kappa shape index (κ3) is 1.76. The molecule has 0 radical (unpaired) electrons. The summed E-state index contributed by atoms with van der Waals surface area (Å²) in [6.07, 6.45) is 1.03. The number of hydrogen-bond donors (Lipinski definition) is 3. The van der Waals surface area contributed by atoms with Crippen molar-refractivity contribution >= 4 is 5.91 Å². The molecule has 3 rings (SSSR count). The van der Waals surface area contributed by atoms with Gasteiger partial charge in [-0.25, -0.2) is 0 Å². The van der Waals surface area contributed by atoms with E-state index in [0.717, 1.165) is 13.0 Å². The molecule has 2 fully saturated rings. The Morgan fingerprint density at radius 2 is 2.33 bits per heavy atom. The van der Waals surface area contributed by atoms with Gasteiger partial charge in [0.2, 0.25) is 0 Å². The van der Waals surface area contributed by atoms with Crippen LogP contribution in [0.2, 0.25) is 0 Å². The second-order valence-electron chi connectivity index (χ2n) is 4.91. The molecule has 0 bridgehead atoms. The Kier molecular flexibility index (Phi) is 2.72. The van der Waals surface area contributed by atoms with E-state index in [4.69, 9.17) is 10.5 Å². The summed E-state index contributed by atoms with van der Waals surface area (Å²) in [5.41, 5.74) is 6.45. The lowest BCUT2D eigenvalue weighted by molar-refractivity contribution is -0.0161. The highest BCUT2D eigenvalue weighted by Crippen LogP contribution is 2.37. The van der Waals surface area contributed by atoms with E-state index in [-0.39, 0.29) is 29.8 Å². The number of phenolic OH excluding ortho intramolecular Hbond substituents is 1. The van der Waals surface area contributed by atoms with Crippen molar-refractivity contribution in [2.24, 2.45) is 11.7 Å². The van der Waals surface area contributed by atoms with E-state index in [1.54, 1.807) is 12.1 Å². The van der Waals surface area contributed by atoms with Gasteiger partial charge < -0.3 is 20.9 Å². The van der Waals surface area contributed by atoms with Crippen LogP contribution in [0.1, 0.15) is 16.8 Å². The highest BCUT2D eigenvalue weighted by molar-refractivity contribution is 5.94. The zero-order chi connectivity index (χ0) is 12.7. The molecule has 2 aliphatic rings. The monoisotopic (exact) mass is 248 g/mol. The third-order valence-corrected chi connectivity index (χ3v) is 3.85. The van der Waals surface area contributed by atoms with Crippen molar-refractivity contribution in [1.29, 1.82) is 0 Å². The van der Waals surface area contributed by atoms with Gasteiger partial charge in [0.15, 0.2) is 0 Å². The summed E-state index contributed by atoms with van der Waals surface area (Å²) in [5, 5.41) is 12.2. The number of ether oxygens (including phenoxy) is 1. The first kappa shape index (κ1) is 11.5. The molecule has 1 amide bonds. The molecule has 1 aliphatic heterocycles. The molecule has 4 atom stereocenters. The maximum atomic E-state index is 12.0. The second-order valence-corrected chi connectivity index (χ2v) is 4.91. The van der Waals surface area contributed by atoms with Gasteiger partial charge in [-0.05, 0) is 24.6 Å². The number of fused-ring (bicyclic) bond motifs is 1. The predicted molar refractivity (Wildman–Crippen MR) is 65.2 cm³/mol. The largest absolute Gasteiger partial charge is 0.508 e.